The Morgan fingerprint density at radius 2 is 2.05 bits per heavy atom. The summed E-state index contributed by atoms with van der Waals surface area (Å²) in [5, 5.41) is 19.8. The van der Waals surface area contributed by atoms with Crippen LogP contribution in [0.3, 0.4) is 0 Å². The lowest BCUT2D eigenvalue weighted by Gasteiger charge is -2.02. The van der Waals surface area contributed by atoms with E-state index in [9.17, 15) is 10.1 Å². The molecule has 7 nitrogen and oxygen atoms in total. The molecule has 0 fully saturated rings. The Balaban J connectivity index is 2.28. The lowest BCUT2D eigenvalue weighted by atomic mass is 10.2. The van der Waals surface area contributed by atoms with Gasteiger partial charge in [0.05, 0.1) is 21.2 Å². The smallest absolute Gasteiger partial charge is 0.258 e. The van der Waals surface area contributed by atoms with Crippen LogP contribution in [0.1, 0.15) is 11.3 Å². The summed E-state index contributed by atoms with van der Waals surface area (Å²) in [4.78, 5) is 10.5. The number of aryl methyl sites for hydroxylation is 2. The summed E-state index contributed by atoms with van der Waals surface area (Å²) in [6, 6.07) is 5.06. The van der Waals surface area contributed by atoms with Crippen LogP contribution in [-0.2, 0) is 7.05 Å². The molecule has 1 aromatic carbocycles. The molecule has 0 unspecified atom stereocenters. The molecule has 1 aromatic heterocycles. The van der Waals surface area contributed by atoms with Crippen LogP contribution < -0.4 is 5.43 Å². The predicted octanol–water partition coefficient (Wildman–Crippen LogP) is 3.39. The van der Waals surface area contributed by atoms with Crippen LogP contribution in [0.4, 0.5) is 11.5 Å². The van der Waals surface area contributed by atoms with Gasteiger partial charge in [-0.25, -0.2) is 4.68 Å². The van der Waals surface area contributed by atoms with E-state index < -0.39 is 4.92 Å². The van der Waals surface area contributed by atoms with Crippen molar-refractivity contribution in [2.24, 2.45) is 12.1 Å². The van der Waals surface area contributed by atoms with E-state index >= 15 is 0 Å². The maximum Gasteiger partial charge on any atom is 0.335 e. The van der Waals surface area contributed by atoms with Gasteiger partial charge in [-0.1, -0.05) is 29.3 Å². The van der Waals surface area contributed by atoms with Crippen molar-refractivity contribution in [1.82, 2.24) is 9.78 Å². The predicted molar refractivity (Wildman–Crippen MR) is 82.3 cm³/mol. The van der Waals surface area contributed by atoms with E-state index in [4.69, 9.17) is 23.2 Å². The molecule has 0 atom stereocenters. The molecule has 0 saturated heterocycles. The fraction of sp³-hybridized carbons (Fsp3) is 0.167. The Hall–Kier alpha value is -2.12. The summed E-state index contributed by atoms with van der Waals surface area (Å²) in [5.41, 5.74) is 3.30. The van der Waals surface area contributed by atoms with E-state index in [1.54, 1.807) is 32.2 Å². The number of halogens is 2. The van der Waals surface area contributed by atoms with Crippen LogP contribution in [0.5, 0.6) is 0 Å². The van der Waals surface area contributed by atoms with Crippen molar-refractivity contribution in [2.75, 3.05) is 5.43 Å². The summed E-state index contributed by atoms with van der Waals surface area (Å²) in [6.45, 7) is 1.55. The number of nitrogens with zero attached hydrogens (tertiary/aromatic N) is 4. The summed E-state index contributed by atoms with van der Waals surface area (Å²) in [7, 11) is 1.58. The third kappa shape index (κ3) is 3.14. The van der Waals surface area contributed by atoms with Gasteiger partial charge in [-0.2, -0.15) is 10.2 Å². The van der Waals surface area contributed by atoms with Gasteiger partial charge in [0.2, 0.25) is 5.82 Å². The average molecular weight is 328 g/mol. The Labute approximate surface area is 130 Å². The number of nitro groups is 1. The van der Waals surface area contributed by atoms with Gasteiger partial charge >= 0.3 is 5.69 Å². The highest BCUT2D eigenvalue weighted by Gasteiger charge is 2.23. The second kappa shape index (κ2) is 6.11. The number of benzene rings is 1. The number of hydrogen-bond donors (Lipinski definition) is 1. The highest BCUT2D eigenvalue weighted by molar-refractivity contribution is 6.38. The highest BCUT2D eigenvalue weighted by atomic mass is 35.5. The second-order valence-electron chi connectivity index (χ2n) is 4.17. The van der Waals surface area contributed by atoms with Crippen LogP contribution in [0.15, 0.2) is 23.3 Å². The summed E-state index contributed by atoms with van der Waals surface area (Å²) >= 11 is 12.0. The number of hydrogen-bond acceptors (Lipinski definition) is 5. The fourth-order valence-electron chi connectivity index (χ4n) is 1.78. The molecular weight excluding hydrogens is 317 g/mol. The summed E-state index contributed by atoms with van der Waals surface area (Å²) in [5.74, 6) is 0.178. The van der Waals surface area contributed by atoms with E-state index in [1.807, 2.05) is 0 Å². The first-order valence-electron chi connectivity index (χ1n) is 5.83. The molecule has 21 heavy (non-hydrogen) atoms. The molecule has 0 aliphatic carbocycles. The molecular formula is C12H11Cl2N5O2. The minimum atomic E-state index is -0.511. The van der Waals surface area contributed by atoms with Crippen molar-refractivity contribution >= 4 is 40.9 Å². The molecule has 1 heterocycles. The van der Waals surface area contributed by atoms with Crippen LogP contribution in [0, 0.1) is 17.0 Å². The third-order valence-corrected chi connectivity index (χ3v) is 3.40. The number of aromatic nitrogens is 2. The molecule has 110 valence electrons. The van der Waals surface area contributed by atoms with Gasteiger partial charge in [-0.15, -0.1) is 0 Å². The minimum absolute atomic E-state index is 0.125. The molecule has 0 aliphatic heterocycles. The number of hydrazone groups is 1. The number of rotatable bonds is 4. The van der Waals surface area contributed by atoms with Gasteiger partial charge in [0.1, 0.15) is 5.69 Å². The van der Waals surface area contributed by atoms with Crippen molar-refractivity contribution in [1.29, 1.82) is 0 Å². The monoisotopic (exact) mass is 327 g/mol. The van der Waals surface area contributed by atoms with Crippen LogP contribution in [0.2, 0.25) is 10.0 Å². The Bertz CT molecular complexity index is 706. The molecule has 9 heteroatoms. The van der Waals surface area contributed by atoms with E-state index in [0.717, 1.165) is 0 Å². The van der Waals surface area contributed by atoms with Crippen molar-refractivity contribution in [3.63, 3.8) is 0 Å². The van der Waals surface area contributed by atoms with Gasteiger partial charge in [0.25, 0.3) is 0 Å². The van der Waals surface area contributed by atoms with Crippen molar-refractivity contribution in [2.45, 2.75) is 6.92 Å². The first-order valence-corrected chi connectivity index (χ1v) is 6.58. The largest absolute Gasteiger partial charge is 0.335 e. The molecule has 0 radical (unpaired) electrons. The van der Waals surface area contributed by atoms with Gasteiger partial charge in [0, 0.05) is 12.6 Å². The zero-order valence-electron chi connectivity index (χ0n) is 11.2. The molecule has 0 amide bonds. The lowest BCUT2D eigenvalue weighted by Crippen LogP contribution is -2.01. The third-order valence-electron chi connectivity index (χ3n) is 2.74. The zero-order chi connectivity index (χ0) is 15.6. The van der Waals surface area contributed by atoms with Crippen molar-refractivity contribution in [3.8, 4) is 0 Å². The van der Waals surface area contributed by atoms with Crippen LogP contribution in [-0.4, -0.2) is 20.9 Å². The van der Waals surface area contributed by atoms with Crippen LogP contribution in [0.25, 0.3) is 0 Å². The van der Waals surface area contributed by atoms with Gasteiger partial charge in [-0.05, 0) is 19.1 Å². The molecule has 2 aromatic rings. The zero-order valence-corrected chi connectivity index (χ0v) is 12.7. The van der Waals surface area contributed by atoms with Gasteiger partial charge in [0.15, 0.2) is 0 Å². The molecule has 0 bridgehead atoms. The van der Waals surface area contributed by atoms with E-state index in [2.05, 4.69) is 15.6 Å². The molecule has 0 spiro atoms. The Kier molecular flexibility index (Phi) is 4.44. The first-order chi connectivity index (χ1) is 9.91. The highest BCUT2D eigenvalue weighted by Crippen LogP contribution is 2.27. The molecule has 0 saturated carbocycles. The number of nitrogens with one attached hydrogen (secondary N) is 1. The maximum absolute atomic E-state index is 11.0. The minimum Gasteiger partial charge on any atom is -0.258 e. The number of anilines is 1. The van der Waals surface area contributed by atoms with E-state index in [0.29, 0.717) is 21.3 Å². The Morgan fingerprint density at radius 1 is 1.43 bits per heavy atom. The van der Waals surface area contributed by atoms with Gasteiger partial charge in [-0.3, -0.25) is 15.5 Å². The molecule has 2 rings (SSSR count). The van der Waals surface area contributed by atoms with Crippen molar-refractivity contribution in [3.05, 3.63) is 49.6 Å². The first kappa shape index (κ1) is 15.3. The quantitative estimate of drug-likeness (QED) is 0.529. The SMILES string of the molecule is Cc1nn(C)c(NN=Cc2c(Cl)cccc2Cl)c1[N+](=O)[O-]. The fourth-order valence-corrected chi connectivity index (χ4v) is 2.28. The van der Waals surface area contributed by atoms with E-state index in [-0.39, 0.29) is 11.5 Å². The molecule has 0 aliphatic rings. The topological polar surface area (TPSA) is 85.3 Å². The van der Waals surface area contributed by atoms with Crippen LogP contribution >= 0.6 is 23.2 Å². The standard InChI is InChI=1S/C12H11Cl2N5O2/c1-7-11(19(20)21)12(18(2)17-7)16-15-6-8-9(13)4-3-5-10(8)14/h3-6,16H,1-2H3. The van der Waals surface area contributed by atoms with E-state index in [1.165, 1.54) is 10.9 Å². The van der Waals surface area contributed by atoms with Crippen molar-refractivity contribution < 1.29 is 4.92 Å². The maximum atomic E-state index is 11.0. The van der Waals surface area contributed by atoms with Gasteiger partial charge < -0.3 is 0 Å². The summed E-state index contributed by atoms with van der Waals surface area (Å²) in [6.07, 6.45) is 1.40. The lowest BCUT2D eigenvalue weighted by molar-refractivity contribution is -0.384. The Morgan fingerprint density at radius 3 is 2.62 bits per heavy atom. The average Bonchev–Trinajstić information content (AvgIpc) is 2.67. The summed E-state index contributed by atoms with van der Waals surface area (Å²) < 4.78 is 1.35. The normalized spacial score (nSPS) is 11.0. The second-order valence-corrected chi connectivity index (χ2v) is 4.98. The molecule has 1 N–H and O–H groups in total.